The van der Waals surface area contributed by atoms with Crippen LogP contribution in [-0.2, 0) is 0 Å². The third kappa shape index (κ3) is 3.19. The van der Waals surface area contributed by atoms with Crippen LogP contribution in [0, 0.1) is 0 Å². The van der Waals surface area contributed by atoms with Gasteiger partial charge in [-0.05, 0) is 59.7 Å². The van der Waals surface area contributed by atoms with E-state index < -0.39 is 0 Å². The van der Waals surface area contributed by atoms with Crippen LogP contribution in [0.2, 0.25) is 0 Å². The number of hydrazone groups is 1. The van der Waals surface area contributed by atoms with Crippen molar-refractivity contribution in [2.75, 3.05) is 14.2 Å². The van der Waals surface area contributed by atoms with Gasteiger partial charge in [-0.3, -0.25) is 0 Å². The Morgan fingerprint density at radius 2 is 1.58 bits per heavy atom. The van der Waals surface area contributed by atoms with Crippen LogP contribution in [0.1, 0.15) is 23.6 Å². The SMILES string of the molecule is COc1ccc(C2=NN(C(N)=S)[C@H](c3ccc(OC)cc3)C2)cc1. The van der Waals surface area contributed by atoms with Crippen molar-refractivity contribution in [3.05, 3.63) is 59.7 Å². The van der Waals surface area contributed by atoms with E-state index in [2.05, 4.69) is 5.10 Å². The molecular formula is C18H19N3O2S. The lowest BCUT2D eigenvalue weighted by atomic mass is 9.98. The normalized spacial score (nSPS) is 16.7. The van der Waals surface area contributed by atoms with E-state index in [0.29, 0.717) is 0 Å². The van der Waals surface area contributed by atoms with Gasteiger partial charge in [0.15, 0.2) is 5.11 Å². The van der Waals surface area contributed by atoms with Gasteiger partial charge >= 0.3 is 0 Å². The molecule has 0 aromatic heterocycles. The zero-order valence-electron chi connectivity index (χ0n) is 13.6. The van der Waals surface area contributed by atoms with E-state index in [-0.39, 0.29) is 11.2 Å². The zero-order chi connectivity index (χ0) is 17.1. The van der Waals surface area contributed by atoms with E-state index in [1.54, 1.807) is 19.2 Å². The predicted molar refractivity (Wildman–Crippen MR) is 98.5 cm³/mol. The maximum atomic E-state index is 5.87. The highest BCUT2D eigenvalue weighted by atomic mass is 32.1. The number of ether oxygens (including phenoxy) is 2. The Morgan fingerprint density at radius 1 is 1.04 bits per heavy atom. The molecule has 0 saturated heterocycles. The highest BCUT2D eigenvalue weighted by molar-refractivity contribution is 7.80. The number of nitrogens with two attached hydrogens (primary N) is 1. The molecule has 0 bridgehead atoms. The van der Waals surface area contributed by atoms with Gasteiger partial charge in [0.05, 0.1) is 26.0 Å². The van der Waals surface area contributed by atoms with Gasteiger partial charge in [0.2, 0.25) is 0 Å². The Morgan fingerprint density at radius 3 is 2.08 bits per heavy atom. The Labute approximate surface area is 146 Å². The predicted octanol–water partition coefficient (Wildman–Crippen LogP) is 3.10. The molecule has 2 aromatic rings. The van der Waals surface area contributed by atoms with E-state index in [1.807, 2.05) is 48.5 Å². The van der Waals surface area contributed by atoms with Crippen LogP contribution in [-0.4, -0.2) is 30.1 Å². The molecule has 1 atom stereocenters. The minimum atomic E-state index is -0.00879. The molecule has 0 amide bonds. The van der Waals surface area contributed by atoms with Crippen molar-refractivity contribution >= 4 is 23.0 Å². The average molecular weight is 341 g/mol. The van der Waals surface area contributed by atoms with Crippen molar-refractivity contribution in [1.29, 1.82) is 0 Å². The van der Waals surface area contributed by atoms with Crippen molar-refractivity contribution in [3.63, 3.8) is 0 Å². The Balaban J connectivity index is 1.88. The number of methoxy groups -OCH3 is 2. The van der Waals surface area contributed by atoms with E-state index in [4.69, 9.17) is 27.4 Å². The Kier molecular flexibility index (Phi) is 4.66. The molecule has 0 radical (unpaired) electrons. The van der Waals surface area contributed by atoms with Crippen molar-refractivity contribution in [2.24, 2.45) is 10.8 Å². The molecule has 0 fully saturated rings. The van der Waals surface area contributed by atoms with Gasteiger partial charge in [0, 0.05) is 6.42 Å². The molecule has 5 nitrogen and oxygen atoms in total. The summed E-state index contributed by atoms with van der Waals surface area (Å²) in [5.74, 6) is 1.63. The fraction of sp³-hybridized carbons (Fsp3) is 0.222. The first-order chi connectivity index (χ1) is 11.6. The first kappa shape index (κ1) is 16.3. The highest BCUT2D eigenvalue weighted by Crippen LogP contribution is 2.33. The lowest BCUT2D eigenvalue weighted by molar-refractivity contribution is 0.371. The number of hydrogen-bond donors (Lipinski definition) is 1. The number of rotatable bonds is 4. The van der Waals surface area contributed by atoms with Crippen molar-refractivity contribution in [1.82, 2.24) is 5.01 Å². The second-order valence-corrected chi connectivity index (χ2v) is 5.87. The van der Waals surface area contributed by atoms with Crippen LogP contribution in [0.15, 0.2) is 53.6 Å². The molecule has 0 spiro atoms. The van der Waals surface area contributed by atoms with Gasteiger partial charge < -0.3 is 15.2 Å². The summed E-state index contributed by atoms with van der Waals surface area (Å²) in [7, 11) is 3.30. The van der Waals surface area contributed by atoms with Gasteiger partial charge in [-0.15, -0.1) is 0 Å². The summed E-state index contributed by atoms with van der Waals surface area (Å²) in [5.41, 5.74) is 8.95. The van der Waals surface area contributed by atoms with Crippen LogP contribution in [0.4, 0.5) is 0 Å². The summed E-state index contributed by atoms with van der Waals surface area (Å²) in [6.45, 7) is 0. The first-order valence-corrected chi connectivity index (χ1v) is 7.97. The summed E-state index contributed by atoms with van der Waals surface area (Å²) in [6, 6.07) is 15.7. The first-order valence-electron chi connectivity index (χ1n) is 7.57. The monoisotopic (exact) mass is 341 g/mol. The fourth-order valence-electron chi connectivity index (χ4n) is 2.76. The third-order valence-corrected chi connectivity index (χ3v) is 4.25. The number of nitrogens with zero attached hydrogens (tertiary/aromatic N) is 2. The zero-order valence-corrected chi connectivity index (χ0v) is 14.4. The van der Waals surface area contributed by atoms with Gasteiger partial charge in [-0.2, -0.15) is 5.10 Å². The maximum absolute atomic E-state index is 5.87. The van der Waals surface area contributed by atoms with E-state index in [9.17, 15) is 0 Å². The van der Waals surface area contributed by atoms with Crippen molar-refractivity contribution in [2.45, 2.75) is 12.5 Å². The van der Waals surface area contributed by atoms with E-state index in [1.165, 1.54) is 0 Å². The molecule has 2 N–H and O–H groups in total. The number of hydrogen-bond acceptors (Lipinski definition) is 4. The second kappa shape index (κ2) is 6.88. The maximum Gasteiger partial charge on any atom is 0.187 e. The molecule has 1 heterocycles. The molecule has 124 valence electrons. The molecular weight excluding hydrogens is 322 g/mol. The van der Waals surface area contributed by atoms with Crippen LogP contribution < -0.4 is 15.2 Å². The number of thiocarbonyl (C=S) groups is 1. The quantitative estimate of drug-likeness (QED) is 0.866. The summed E-state index contributed by atoms with van der Waals surface area (Å²) >= 11 is 5.18. The molecule has 6 heteroatoms. The average Bonchev–Trinajstić information content (AvgIpc) is 3.07. The minimum absolute atomic E-state index is 0.00879. The fourth-order valence-corrected chi connectivity index (χ4v) is 2.93. The largest absolute Gasteiger partial charge is 0.497 e. The van der Waals surface area contributed by atoms with Crippen LogP contribution >= 0.6 is 12.2 Å². The van der Waals surface area contributed by atoms with Gasteiger partial charge in [-0.25, -0.2) is 5.01 Å². The topological polar surface area (TPSA) is 60.1 Å². The standard InChI is InChI=1S/C18H19N3O2S/c1-22-14-7-3-12(4-8-14)16-11-17(21(20-16)18(19)24)13-5-9-15(23-2)10-6-13/h3-10,17H,11H2,1-2H3,(H2,19,24)/t17-/m0/s1. The summed E-state index contributed by atoms with van der Waals surface area (Å²) in [5, 5.41) is 6.59. The molecule has 24 heavy (non-hydrogen) atoms. The van der Waals surface area contributed by atoms with Crippen LogP contribution in [0.5, 0.6) is 11.5 Å². The van der Waals surface area contributed by atoms with Gasteiger partial charge in [-0.1, -0.05) is 12.1 Å². The molecule has 0 aliphatic carbocycles. The molecule has 1 aliphatic rings. The highest BCUT2D eigenvalue weighted by Gasteiger charge is 2.30. The second-order valence-electron chi connectivity index (χ2n) is 5.45. The van der Waals surface area contributed by atoms with Gasteiger partial charge in [0.1, 0.15) is 11.5 Å². The van der Waals surface area contributed by atoms with Crippen molar-refractivity contribution in [3.8, 4) is 11.5 Å². The summed E-state index contributed by atoms with van der Waals surface area (Å²) in [4.78, 5) is 0. The van der Waals surface area contributed by atoms with E-state index in [0.717, 1.165) is 34.8 Å². The van der Waals surface area contributed by atoms with Crippen LogP contribution in [0.25, 0.3) is 0 Å². The van der Waals surface area contributed by atoms with Gasteiger partial charge in [0.25, 0.3) is 0 Å². The number of benzene rings is 2. The van der Waals surface area contributed by atoms with E-state index >= 15 is 0 Å². The van der Waals surface area contributed by atoms with Crippen LogP contribution in [0.3, 0.4) is 0 Å². The third-order valence-electron chi connectivity index (χ3n) is 4.06. The molecule has 0 unspecified atom stereocenters. The lowest BCUT2D eigenvalue weighted by Gasteiger charge is -2.22. The molecule has 1 aliphatic heterocycles. The van der Waals surface area contributed by atoms with Crippen molar-refractivity contribution < 1.29 is 9.47 Å². The Hall–Kier alpha value is -2.60. The summed E-state index contributed by atoms with van der Waals surface area (Å²) < 4.78 is 10.4. The smallest absolute Gasteiger partial charge is 0.187 e. The Bertz CT molecular complexity index is 757. The molecule has 2 aromatic carbocycles. The minimum Gasteiger partial charge on any atom is -0.497 e. The lowest BCUT2D eigenvalue weighted by Crippen LogP contribution is -2.31. The molecule has 0 saturated carbocycles. The summed E-state index contributed by atoms with van der Waals surface area (Å²) in [6.07, 6.45) is 0.732. The molecule has 3 rings (SSSR count).